The van der Waals surface area contributed by atoms with Crippen molar-refractivity contribution in [3.8, 4) is 0 Å². The quantitative estimate of drug-likeness (QED) is 0.512. The van der Waals surface area contributed by atoms with Gasteiger partial charge in [-0.1, -0.05) is 13.3 Å². The van der Waals surface area contributed by atoms with E-state index in [0.29, 0.717) is 19.0 Å². The molecule has 1 saturated carbocycles. The third kappa shape index (κ3) is 2.94. The highest BCUT2D eigenvalue weighted by Crippen LogP contribution is 2.38. The first-order valence-electron chi connectivity index (χ1n) is 5.36. The molecule has 0 radical (unpaired) electrons. The molecule has 0 N–H and O–H groups in total. The zero-order valence-electron chi connectivity index (χ0n) is 9.27. The molecule has 0 spiro atoms. The minimum absolute atomic E-state index is 0.0973. The Labute approximate surface area is 89.9 Å². The van der Waals surface area contributed by atoms with E-state index < -0.39 is 0 Å². The Hall–Kier alpha value is -1.06. The Morgan fingerprint density at radius 3 is 2.73 bits per heavy atom. The molecule has 86 valence electrons. The summed E-state index contributed by atoms with van der Waals surface area (Å²) in [5.74, 6) is 0.410. The summed E-state index contributed by atoms with van der Waals surface area (Å²) in [6.07, 6.45) is 2.87. The zero-order chi connectivity index (χ0) is 11.3. The standard InChI is InChI=1S/C11H18O4/c1-3-8-4-9(6-15-7-12)10(5-8)11(13)14-2/h7-10H,3-6H2,1-2H3/t8?,9-,10+/m1/s1. The summed E-state index contributed by atoms with van der Waals surface area (Å²) in [6, 6.07) is 0. The molecule has 0 bridgehead atoms. The van der Waals surface area contributed by atoms with Crippen LogP contribution >= 0.6 is 0 Å². The maximum Gasteiger partial charge on any atom is 0.309 e. The Bertz CT molecular complexity index is 227. The molecule has 1 fully saturated rings. The van der Waals surface area contributed by atoms with E-state index in [2.05, 4.69) is 6.92 Å². The fourth-order valence-electron chi connectivity index (χ4n) is 2.36. The van der Waals surface area contributed by atoms with Crippen molar-refractivity contribution in [2.75, 3.05) is 13.7 Å². The smallest absolute Gasteiger partial charge is 0.309 e. The van der Waals surface area contributed by atoms with Gasteiger partial charge < -0.3 is 9.47 Å². The molecule has 1 rings (SSSR count). The molecule has 0 saturated heterocycles. The summed E-state index contributed by atoms with van der Waals surface area (Å²) in [6.45, 7) is 2.88. The highest BCUT2D eigenvalue weighted by Gasteiger charge is 2.38. The first-order chi connectivity index (χ1) is 7.22. The predicted octanol–water partition coefficient (Wildman–Crippen LogP) is 1.38. The van der Waals surface area contributed by atoms with Gasteiger partial charge in [0, 0.05) is 5.92 Å². The third-order valence-corrected chi connectivity index (χ3v) is 3.25. The number of hydrogen-bond donors (Lipinski definition) is 0. The summed E-state index contributed by atoms with van der Waals surface area (Å²) in [4.78, 5) is 21.6. The monoisotopic (exact) mass is 214 g/mol. The van der Waals surface area contributed by atoms with E-state index in [1.54, 1.807) is 0 Å². The van der Waals surface area contributed by atoms with Crippen LogP contribution in [0.2, 0.25) is 0 Å². The Kier molecular flexibility index (Phi) is 4.59. The second-order valence-electron chi connectivity index (χ2n) is 4.06. The van der Waals surface area contributed by atoms with E-state index in [1.807, 2.05) is 0 Å². The second-order valence-corrected chi connectivity index (χ2v) is 4.06. The van der Waals surface area contributed by atoms with Crippen molar-refractivity contribution in [1.82, 2.24) is 0 Å². The number of methoxy groups -OCH3 is 1. The van der Waals surface area contributed by atoms with Gasteiger partial charge in [-0.2, -0.15) is 0 Å². The maximum absolute atomic E-state index is 11.5. The van der Waals surface area contributed by atoms with Crippen molar-refractivity contribution in [2.45, 2.75) is 26.2 Å². The van der Waals surface area contributed by atoms with Gasteiger partial charge >= 0.3 is 5.97 Å². The summed E-state index contributed by atoms with van der Waals surface area (Å²) < 4.78 is 9.50. The summed E-state index contributed by atoms with van der Waals surface area (Å²) in [7, 11) is 1.40. The molecule has 0 amide bonds. The second kappa shape index (κ2) is 5.73. The van der Waals surface area contributed by atoms with Crippen LogP contribution in [0.5, 0.6) is 0 Å². The average Bonchev–Trinajstić information content (AvgIpc) is 2.68. The number of esters is 1. The molecule has 1 aliphatic carbocycles. The van der Waals surface area contributed by atoms with Crippen molar-refractivity contribution in [1.29, 1.82) is 0 Å². The van der Waals surface area contributed by atoms with E-state index >= 15 is 0 Å². The predicted molar refractivity (Wildman–Crippen MR) is 54.0 cm³/mol. The van der Waals surface area contributed by atoms with Crippen molar-refractivity contribution in [3.63, 3.8) is 0 Å². The normalized spacial score (nSPS) is 29.9. The first-order valence-corrected chi connectivity index (χ1v) is 5.36. The molecule has 0 aromatic heterocycles. The lowest BCUT2D eigenvalue weighted by atomic mass is 9.97. The van der Waals surface area contributed by atoms with Crippen LogP contribution < -0.4 is 0 Å². The van der Waals surface area contributed by atoms with E-state index in [-0.39, 0.29) is 17.8 Å². The van der Waals surface area contributed by atoms with E-state index in [9.17, 15) is 9.59 Å². The molecule has 15 heavy (non-hydrogen) atoms. The molecule has 1 aliphatic rings. The third-order valence-electron chi connectivity index (χ3n) is 3.25. The van der Waals surface area contributed by atoms with Gasteiger partial charge in [-0.25, -0.2) is 0 Å². The molecule has 0 aliphatic heterocycles. The van der Waals surface area contributed by atoms with Crippen LogP contribution in [0, 0.1) is 17.8 Å². The van der Waals surface area contributed by atoms with Gasteiger partial charge in [0.25, 0.3) is 6.47 Å². The number of rotatable bonds is 5. The molecule has 3 atom stereocenters. The maximum atomic E-state index is 11.5. The molecular formula is C11H18O4. The molecule has 0 aromatic carbocycles. The van der Waals surface area contributed by atoms with E-state index in [4.69, 9.17) is 9.47 Å². The van der Waals surface area contributed by atoms with Crippen LogP contribution in [-0.2, 0) is 19.1 Å². The summed E-state index contributed by atoms with van der Waals surface area (Å²) in [5, 5.41) is 0. The largest absolute Gasteiger partial charge is 0.469 e. The molecule has 0 heterocycles. The van der Waals surface area contributed by atoms with Gasteiger partial charge in [0.05, 0.1) is 19.6 Å². The minimum atomic E-state index is -0.176. The van der Waals surface area contributed by atoms with Gasteiger partial charge in [0.1, 0.15) is 0 Å². The van der Waals surface area contributed by atoms with Crippen LogP contribution in [0.1, 0.15) is 26.2 Å². The van der Waals surface area contributed by atoms with Crippen molar-refractivity contribution in [3.05, 3.63) is 0 Å². The van der Waals surface area contributed by atoms with Gasteiger partial charge in [-0.15, -0.1) is 0 Å². The SMILES string of the molecule is CCC1C[C@H](COC=O)[C@@H](C(=O)OC)C1. The Morgan fingerprint density at radius 1 is 1.47 bits per heavy atom. The molecule has 1 unspecified atom stereocenters. The lowest BCUT2D eigenvalue weighted by Gasteiger charge is -2.15. The molecular weight excluding hydrogens is 196 g/mol. The first kappa shape index (κ1) is 12.0. The van der Waals surface area contributed by atoms with Crippen molar-refractivity contribution < 1.29 is 19.1 Å². The Morgan fingerprint density at radius 2 is 2.20 bits per heavy atom. The molecule has 4 heteroatoms. The van der Waals surface area contributed by atoms with Crippen LogP contribution in [0.4, 0.5) is 0 Å². The minimum Gasteiger partial charge on any atom is -0.469 e. The van der Waals surface area contributed by atoms with Crippen LogP contribution in [-0.4, -0.2) is 26.2 Å². The fourth-order valence-corrected chi connectivity index (χ4v) is 2.36. The average molecular weight is 214 g/mol. The van der Waals surface area contributed by atoms with E-state index in [0.717, 1.165) is 19.3 Å². The van der Waals surface area contributed by atoms with Crippen LogP contribution in [0.3, 0.4) is 0 Å². The van der Waals surface area contributed by atoms with Crippen LogP contribution in [0.25, 0.3) is 0 Å². The topological polar surface area (TPSA) is 52.6 Å². The highest BCUT2D eigenvalue weighted by atomic mass is 16.5. The van der Waals surface area contributed by atoms with Gasteiger partial charge in [0.15, 0.2) is 0 Å². The number of ether oxygens (including phenoxy) is 2. The lowest BCUT2D eigenvalue weighted by molar-refractivity contribution is -0.148. The zero-order valence-corrected chi connectivity index (χ0v) is 9.27. The number of carbonyl (C=O) groups excluding carboxylic acids is 2. The Balaban J connectivity index is 2.56. The van der Waals surface area contributed by atoms with Gasteiger partial charge in [-0.05, 0) is 18.8 Å². The summed E-state index contributed by atoms with van der Waals surface area (Å²) >= 11 is 0. The molecule has 4 nitrogen and oxygen atoms in total. The van der Waals surface area contributed by atoms with Crippen molar-refractivity contribution >= 4 is 12.4 Å². The fraction of sp³-hybridized carbons (Fsp3) is 0.818. The summed E-state index contributed by atoms with van der Waals surface area (Å²) in [5.41, 5.74) is 0. The van der Waals surface area contributed by atoms with Crippen LogP contribution in [0.15, 0.2) is 0 Å². The lowest BCUT2D eigenvalue weighted by Crippen LogP contribution is -2.23. The number of carbonyl (C=O) groups is 2. The molecule has 0 aromatic rings. The van der Waals surface area contributed by atoms with Gasteiger partial charge in [-0.3, -0.25) is 9.59 Å². The number of hydrogen-bond acceptors (Lipinski definition) is 4. The van der Waals surface area contributed by atoms with E-state index in [1.165, 1.54) is 7.11 Å². The highest BCUT2D eigenvalue weighted by molar-refractivity contribution is 5.73. The van der Waals surface area contributed by atoms with Gasteiger partial charge in [0.2, 0.25) is 0 Å². The van der Waals surface area contributed by atoms with Crippen molar-refractivity contribution in [2.24, 2.45) is 17.8 Å².